The number of carbonyl (C=O) groups excluding carboxylic acids is 2. The Balaban J connectivity index is 1.42. The molecular weight excluding hydrogens is 634 g/mol. The standard InChI is InChI=1S/C23H33BrFN6O9P/c1-11(2)38-14(32)5-7-28-19(34)16-22(3,4)10-37-41(35,40-16)36-9-13-15(33)23(24,25)20(39-13)31-8-6-12-17(26)29-21(27)30-18(12)31/h6,8,11,13,15-16,20,33H,5,7,9-10H2,1-4H3,(H,28,34)(H4,26,27,29,30)/t13-,15+,16+,20-,23?,41?/m1/s1. The highest BCUT2D eigenvalue weighted by Crippen LogP contribution is 2.58. The van der Waals surface area contributed by atoms with E-state index in [1.54, 1.807) is 27.7 Å². The van der Waals surface area contributed by atoms with Crippen molar-refractivity contribution in [1.29, 1.82) is 0 Å². The van der Waals surface area contributed by atoms with Crippen molar-refractivity contribution in [2.75, 3.05) is 31.2 Å². The van der Waals surface area contributed by atoms with Crippen LogP contribution in [0.1, 0.15) is 40.3 Å². The SMILES string of the molecule is CC(C)OC(=O)CCNC(=O)[C@@H]1OP(=O)(OC[C@H]2O[C@@H](n3ccc4c(N)nc(N)nc43)C(F)(Br)[C@H]2O)OCC1(C)C. The van der Waals surface area contributed by atoms with Gasteiger partial charge in [0.05, 0.1) is 31.1 Å². The molecule has 4 heterocycles. The van der Waals surface area contributed by atoms with E-state index in [0.29, 0.717) is 5.39 Å². The number of carbonyl (C=O) groups is 2. The van der Waals surface area contributed by atoms with E-state index in [-0.39, 0.29) is 43.1 Å². The third kappa shape index (κ3) is 6.66. The van der Waals surface area contributed by atoms with Crippen LogP contribution in [0.4, 0.5) is 16.2 Å². The number of fused-ring (bicyclic) bond motifs is 1. The predicted molar refractivity (Wildman–Crippen MR) is 146 cm³/mol. The number of esters is 1. The molecule has 0 saturated carbocycles. The quantitative estimate of drug-likeness (QED) is 0.171. The van der Waals surface area contributed by atoms with Crippen molar-refractivity contribution in [2.45, 2.75) is 69.3 Å². The number of nitrogens with zero attached hydrogens (tertiary/aromatic N) is 3. The van der Waals surface area contributed by atoms with E-state index < -0.39 is 60.8 Å². The molecule has 41 heavy (non-hydrogen) atoms. The molecule has 0 radical (unpaired) electrons. The summed E-state index contributed by atoms with van der Waals surface area (Å²) in [6.07, 6.45) is -4.83. The molecule has 2 aromatic rings. The molecular formula is C23H33BrFN6O9P. The number of hydrogen-bond acceptors (Lipinski definition) is 13. The third-order valence-electron chi connectivity index (χ3n) is 6.42. The van der Waals surface area contributed by atoms with Crippen molar-refractivity contribution in [2.24, 2.45) is 5.41 Å². The summed E-state index contributed by atoms with van der Waals surface area (Å²) in [5.41, 5.74) is 10.8. The van der Waals surface area contributed by atoms with Crippen LogP contribution in [0.15, 0.2) is 12.3 Å². The zero-order chi connectivity index (χ0) is 30.3. The molecule has 6 atom stereocenters. The molecule has 2 aromatic heterocycles. The number of anilines is 2. The van der Waals surface area contributed by atoms with Crippen LogP contribution in [0.5, 0.6) is 0 Å². The van der Waals surface area contributed by atoms with Gasteiger partial charge in [-0.05, 0) is 35.8 Å². The van der Waals surface area contributed by atoms with Gasteiger partial charge >= 0.3 is 13.8 Å². The minimum Gasteiger partial charge on any atom is -0.463 e. The topological polar surface area (TPSA) is 212 Å². The minimum absolute atomic E-state index is 0.0318. The molecule has 4 rings (SSSR count). The Morgan fingerprint density at radius 2 is 2.07 bits per heavy atom. The predicted octanol–water partition coefficient (Wildman–Crippen LogP) is 1.94. The first-order chi connectivity index (χ1) is 19.0. The molecule has 18 heteroatoms. The first-order valence-electron chi connectivity index (χ1n) is 12.7. The summed E-state index contributed by atoms with van der Waals surface area (Å²) < 4.78 is 54.8. The number of phosphoric ester groups is 1. The Bertz CT molecular complexity index is 1360. The first-order valence-corrected chi connectivity index (χ1v) is 14.9. The van der Waals surface area contributed by atoms with Gasteiger partial charge in [-0.15, -0.1) is 0 Å². The van der Waals surface area contributed by atoms with E-state index in [9.17, 15) is 19.3 Å². The zero-order valence-electron chi connectivity index (χ0n) is 22.8. The van der Waals surface area contributed by atoms with Gasteiger partial charge in [0.25, 0.3) is 0 Å². The zero-order valence-corrected chi connectivity index (χ0v) is 25.3. The summed E-state index contributed by atoms with van der Waals surface area (Å²) in [7, 11) is -4.37. The number of halogens is 2. The molecule has 1 amide bonds. The average Bonchev–Trinajstić information content (AvgIpc) is 3.37. The molecule has 0 aromatic carbocycles. The lowest BCUT2D eigenvalue weighted by atomic mass is 9.87. The van der Waals surface area contributed by atoms with Crippen LogP contribution < -0.4 is 16.8 Å². The van der Waals surface area contributed by atoms with Crippen molar-refractivity contribution in [1.82, 2.24) is 19.9 Å². The van der Waals surface area contributed by atoms with Gasteiger partial charge in [-0.25, -0.2) is 8.96 Å². The smallest absolute Gasteiger partial charge is 0.463 e. The van der Waals surface area contributed by atoms with Crippen LogP contribution in [0, 0.1) is 5.41 Å². The largest absolute Gasteiger partial charge is 0.475 e. The number of alkyl halides is 2. The second-order valence-corrected chi connectivity index (χ2v) is 13.5. The molecule has 2 aliphatic heterocycles. The number of nitrogen functional groups attached to an aromatic ring is 2. The summed E-state index contributed by atoms with van der Waals surface area (Å²) in [4.78, 5) is 32.6. The number of aromatic nitrogens is 3. The number of aliphatic hydroxyl groups excluding tert-OH is 1. The molecule has 228 valence electrons. The summed E-state index contributed by atoms with van der Waals surface area (Å²) in [5, 5.41) is 13.7. The van der Waals surface area contributed by atoms with Crippen molar-refractivity contribution >= 4 is 58.4 Å². The van der Waals surface area contributed by atoms with E-state index in [4.69, 9.17) is 34.5 Å². The van der Waals surface area contributed by atoms with Crippen LogP contribution in [0.2, 0.25) is 0 Å². The van der Waals surface area contributed by atoms with E-state index in [1.165, 1.54) is 16.8 Å². The summed E-state index contributed by atoms with van der Waals surface area (Å²) in [6, 6.07) is 1.54. The fourth-order valence-corrected chi connectivity index (χ4v) is 6.61. The van der Waals surface area contributed by atoms with Gasteiger partial charge in [0.15, 0.2) is 12.3 Å². The summed E-state index contributed by atoms with van der Waals surface area (Å²) >= 11 is 2.89. The van der Waals surface area contributed by atoms with Gasteiger partial charge in [0, 0.05) is 18.2 Å². The number of nitrogens with two attached hydrogens (primary N) is 2. The maximum atomic E-state index is 15.7. The summed E-state index contributed by atoms with van der Waals surface area (Å²) in [5.74, 6) is -1.20. The number of rotatable bonds is 9. The highest BCUT2D eigenvalue weighted by Gasteiger charge is 2.58. The molecule has 0 spiro atoms. The lowest BCUT2D eigenvalue weighted by Crippen LogP contribution is -2.50. The number of phosphoric acid groups is 1. The van der Waals surface area contributed by atoms with Crippen LogP contribution in [0.25, 0.3) is 11.0 Å². The average molecular weight is 667 g/mol. The van der Waals surface area contributed by atoms with Crippen molar-refractivity contribution in [3.05, 3.63) is 12.3 Å². The Hall–Kier alpha value is -2.40. The number of aliphatic hydroxyl groups is 1. The maximum Gasteiger partial charge on any atom is 0.475 e. The number of ether oxygens (including phenoxy) is 2. The Kier molecular flexibility index (Phi) is 9.00. The molecule has 0 aliphatic carbocycles. The normalized spacial score (nSPS) is 31.4. The van der Waals surface area contributed by atoms with Gasteiger partial charge in [-0.1, -0.05) is 13.8 Å². The van der Waals surface area contributed by atoms with Crippen LogP contribution >= 0.6 is 23.8 Å². The van der Waals surface area contributed by atoms with E-state index >= 15 is 4.39 Å². The highest BCUT2D eigenvalue weighted by atomic mass is 79.9. The van der Waals surface area contributed by atoms with E-state index in [2.05, 4.69) is 31.2 Å². The number of amides is 1. The van der Waals surface area contributed by atoms with Gasteiger partial charge in [-0.2, -0.15) is 9.97 Å². The van der Waals surface area contributed by atoms with Crippen molar-refractivity contribution in [3.63, 3.8) is 0 Å². The molecule has 15 nitrogen and oxygen atoms in total. The van der Waals surface area contributed by atoms with Gasteiger partial charge in [0.1, 0.15) is 23.7 Å². The van der Waals surface area contributed by atoms with Gasteiger partial charge < -0.3 is 35.9 Å². The van der Waals surface area contributed by atoms with Crippen molar-refractivity contribution < 1.29 is 46.7 Å². The van der Waals surface area contributed by atoms with E-state index in [0.717, 1.165) is 0 Å². The van der Waals surface area contributed by atoms with Crippen LogP contribution in [-0.4, -0.2) is 80.3 Å². The molecule has 6 N–H and O–H groups in total. The van der Waals surface area contributed by atoms with Crippen molar-refractivity contribution in [3.8, 4) is 0 Å². The fourth-order valence-electron chi connectivity index (χ4n) is 4.33. The minimum atomic E-state index is -4.37. The number of hydrogen-bond donors (Lipinski definition) is 4. The molecule has 2 unspecified atom stereocenters. The maximum absolute atomic E-state index is 15.7. The fraction of sp³-hybridized carbons (Fsp3) is 0.652. The second-order valence-electron chi connectivity index (χ2n) is 10.6. The highest BCUT2D eigenvalue weighted by molar-refractivity contribution is 9.10. The lowest BCUT2D eigenvalue weighted by molar-refractivity contribution is -0.147. The van der Waals surface area contributed by atoms with Gasteiger partial charge in [-0.3, -0.25) is 23.2 Å². The molecule has 2 aliphatic rings. The van der Waals surface area contributed by atoms with Gasteiger partial charge in [0.2, 0.25) is 16.4 Å². The lowest BCUT2D eigenvalue weighted by Gasteiger charge is -2.39. The third-order valence-corrected chi connectivity index (χ3v) is 8.66. The molecule has 2 saturated heterocycles. The molecule has 0 bridgehead atoms. The second kappa shape index (κ2) is 11.7. The Labute approximate surface area is 243 Å². The Morgan fingerprint density at radius 3 is 2.76 bits per heavy atom. The first kappa shape index (κ1) is 31.5. The van der Waals surface area contributed by atoms with Crippen LogP contribution in [-0.2, 0) is 37.2 Å². The Morgan fingerprint density at radius 1 is 1.37 bits per heavy atom. The monoisotopic (exact) mass is 666 g/mol. The summed E-state index contributed by atoms with van der Waals surface area (Å²) in [6.45, 7) is 5.90. The van der Waals surface area contributed by atoms with Crippen LogP contribution in [0.3, 0.4) is 0 Å². The molecule has 2 fully saturated rings. The number of nitrogens with one attached hydrogen (secondary N) is 1. The van der Waals surface area contributed by atoms with E-state index in [1.807, 2.05) is 0 Å².